The predicted molar refractivity (Wildman–Crippen MR) is 55.7 cm³/mol. The number of hydrogen-bond acceptors (Lipinski definition) is 3. The molecule has 15 heavy (non-hydrogen) atoms. The molecule has 0 atom stereocenters. The molecule has 1 rings (SSSR count). The lowest BCUT2D eigenvalue weighted by Crippen LogP contribution is -2.25. The Morgan fingerprint density at radius 3 is 2.27 bits per heavy atom. The average molecular weight is 208 g/mol. The highest BCUT2D eigenvalue weighted by Gasteiger charge is 2.07. The lowest BCUT2D eigenvalue weighted by molar-refractivity contribution is 0.161. The first kappa shape index (κ1) is 11.0. The third-order valence-electron chi connectivity index (χ3n) is 1.69. The smallest absolute Gasteiger partial charge is 0.359 e. The fraction of sp³-hybridized carbons (Fsp3) is 0.200. The van der Waals surface area contributed by atoms with Crippen molar-refractivity contribution in [3.63, 3.8) is 0 Å². The molecule has 0 fully saturated rings. The van der Waals surface area contributed by atoms with Crippen molar-refractivity contribution in [2.24, 2.45) is 0 Å². The molecule has 1 aromatic carbocycles. The molecule has 0 unspecified atom stereocenters. The summed E-state index contributed by atoms with van der Waals surface area (Å²) in [6.07, 6.45) is -1.60. The number of ether oxygens (including phenoxy) is 1. The number of hydrogen-bond donors (Lipinski definition) is 2. The van der Waals surface area contributed by atoms with Crippen LogP contribution in [0.1, 0.15) is 5.56 Å². The molecule has 0 aliphatic rings. The Morgan fingerprint density at radius 1 is 1.13 bits per heavy atom. The molecular formula is C10H12N2O3. The molecule has 5 heteroatoms. The van der Waals surface area contributed by atoms with E-state index >= 15 is 0 Å². The number of alkyl carbamates (subject to hydrolysis) is 1. The van der Waals surface area contributed by atoms with Crippen molar-refractivity contribution in [1.82, 2.24) is 5.32 Å². The highest BCUT2D eigenvalue weighted by atomic mass is 16.6. The van der Waals surface area contributed by atoms with Gasteiger partial charge in [0.05, 0.1) is 0 Å². The summed E-state index contributed by atoms with van der Waals surface area (Å²) < 4.78 is 4.33. The van der Waals surface area contributed by atoms with E-state index < -0.39 is 12.2 Å². The maximum atomic E-state index is 11.1. The topological polar surface area (TPSA) is 67.4 Å². The molecule has 0 bridgehead atoms. The number of benzene rings is 1. The lowest BCUT2D eigenvalue weighted by Gasteiger charge is -2.04. The molecule has 0 heterocycles. The van der Waals surface area contributed by atoms with Gasteiger partial charge in [0.2, 0.25) is 0 Å². The monoisotopic (exact) mass is 208 g/mol. The highest BCUT2D eigenvalue weighted by molar-refractivity contribution is 5.92. The second-order valence-corrected chi connectivity index (χ2v) is 2.92. The van der Waals surface area contributed by atoms with Gasteiger partial charge in [0.1, 0.15) is 0 Å². The Morgan fingerprint density at radius 2 is 1.73 bits per heavy atom. The van der Waals surface area contributed by atoms with E-state index in [0.717, 1.165) is 5.56 Å². The molecule has 0 saturated carbocycles. The van der Waals surface area contributed by atoms with Crippen LogP contribution in [-0.4, -0.2) is 19.2 Å². The first-order valence-electron chi connectivity index (χ1n) is 4.39. The summed E-state index contributed by atoms with van der Waals surface area (Å²) in [5, 5.41) is 4.58. The minimum atomic E-state index is -0.807. The number of rotatable bonds is 1. The van der Waals surface area contributed by atoms with Gasteiger partial charge in [0.15, 0.2) is 0 Å². The first-order valence-corrected chi connectivity index (χ1v) is 4.39. The molecule has 0 radical (unpaired) electrons. The van der Waals surface area contributed by atoms with Gasteiger partial charge in [-0.05, 0) is 19.1 Å². The van der Waals surface area contributed by atoms with Crippen molar-refractivity contribution in [1.29, 1.82) is 0 Å². The quantitative estimate of drug-likeness (QED) is 0.692. The van der Waals surface area contributed by atoms with Crippen LogP contribution in [0.25, 0.3) is 0 Å². The van der Waals surface area contributed by atoms with Gasteiger partial charge < -0.3 is 10.1 Å². The van der Waals surface area contributed by atoms with E-state index in [9.17, 15) is 9.59 Å². The van der Waals surface area contributed by atoms with E-state index in [1.54, 1.807) is 12.1 Å². The lowest BCUT2D eigenvalue weighted by atomic mass is 10.2. The second-order valence-electron chi connectivity index (χ2n) is 2.92. The summed E-state index contributed by atoms with van der Waals surface area (Å²) >= 11 is 0. The Labute approximate surface area is 87.4 Å². The van der Waals surface area contributed by atoms with Gasteiger partial charge in [-0.15, -0.1) is 0 Å². The SMILES string of the molecule is CNC(=O)OC(=O)Nc1ccc(C)cc1. The number of nitrogens with one attached hydrogen (secondary N) is 2. The van der Waals surface area contributed by atoms with Crippen molar-refractivity contribution in [2.75, 3.05) is 12.4 Å². The Hall–Kier alpha value is -2.04. The molecule has 0 aromatic heterocycles. The van der Waals surface area contributed by atoms with Crippen LogP contribution >= 0.6 is 0 Å². The van der Waals surface area contributed by atoms with Gasteiger partial charge in [-0.3, -0.25) is 5.32 Å². The third kappa shape index (κ3) is 3.68. The van der Waals surface area contributed by atoms with Crippen LogP contribution in [0.4, 0.5) is 15.3 Å². The maximum absolute atomic E-state index is 11.1. The maximum Gasteiger partial charge on any atom is 0.420 e. The van der Waals surface area contributed by atoms with E-state index in [2.05, 4.69) is 15.4 Å². The minimum absolute atomic E-state index is 0.578. The van der Waals surface area contributed by atoms with Gasteiger partial charge >= 0.3 is 12.2 Å². The van der Waals surface area contributed by atoms with Crippen LogP contribution in [-0.2, 0) is 4.74 Å². The summed E-state index contributed by atoms with van der Waals surface area (Å²) in [5.74, 6) is 0. The zero-order chi connectivity index (χ0) is 11.3. The van der Waals surface area contributed by atoms with Crippen molar-refractivity contribution >= 4 is 17.9 Å². The van der Waals surface area contributed by atoms with Crippen molar-refractivity contribution in [3.05, 3.63) is 29.8 Å². The van der Waals surface area contributed by atoms with Gasteiger partial charge in [0.25, 0.3) is 0 Å². The third-order valence-corrected chi connectivity index (χ3v) is 1.69. The molecule has 0 saturated heterocycles. The zero-order valence-corrected chi connectivity index (χ0v) is 8.53. The molecular weight excluding hydrogens is 196 g/mol. The van der Waals surface area contributed by atoms with Crippen LogP contribution in [0.5, 0.6) is 0 Å². The second kappa shape index (κ2) is 4.99. The van der Waals surface area contributed by atoms with E-state index in [0.29, 0.717) is 5.69 Å². The molecule has 2 N–H and O–H groups in total. The van der Waals surface area contributed by atoms with Crippen LogP contribution in [0.15, 0.2) is 24.3 Å². The Balaban J connectivity index is 2.51. The summed E-state index contributed by atoms with van der Waals surface area (Å²) in [4.78, 5) is 21.7. The molecule has 2 amide bonds. The first-order chi connectivity index (χ1) is 7.11. The number of carbonyl (C=O) groups excluding carboxylic acids is 2. The number of carbonyl (C=O) groups is 2. The van der Waals surface area contributed by atoms with E-state index in [4.69, 9.17) is 0 Å². The number of aryl methyl sites for hydroxylation is 1. The molecule has 0 aliphatic heterocycles. The molecule has 0 aliphatic carbocycles. The highest BCUT2D eigenvalue weighted by Crippen LogP contribution is 2.08. The standard InChI is InChI=1S/C10H12N2O3/c1-7-3-5-8(6-4-7)12-10(14)15-9(13)11-2/h3-6H,1-2H3,(H,11,13)(H,12,14). The van der Waals surface area contributed by atoms with Crippen molar-refractivity contribution in [2.45, 2.75) is 6.92 Å². The zero-order valence-electron chi connectivity index (χ0n) is 8.53. The normalized spacial score (nSPS) is 9.20. The Kier molecular flexibility index (Phi) is 3.68. The summed E-state index contributed by atoms with van der Waals surface area (Å²) in [5.41, 5.74) is 1.66. The van der Waals surface area contributed by atoms with Gasteiger partial charge in [0, 0.05) is 12.7 Å². The summed E-state index contributed by atoms with van der Waals surface area (Å²) in [7, 11) is 1.38. The van der Waals surface area contributed by atoms with E-state index in [-0.39, 0.29) is 0 Å². The van der Waals surface area contributed by atoms with Crippen molar-refractivity contribution < 1.29 is 14.3 Å². The minimum Gasteiger partial charge on any atom is -0.359 e. The van der Waals surface area contributed by atoms with E-state index in [1.807, 2.05) is 19.1 Å². The molecule has 0 spiro atoms. The molecule has 80 valence electrons. The van der Waals surface area contributed by atoms with Gasteiger partial charge in [-0.1, -0.05) is 17.7 Å². The average Bonchev–Trinajstić information content (AvgIpc) is 2.21. The summed E-state index contributed by atoms with van der Waals surface area (Å²) in [6.45, 7) is 1.94. The van der Waals surface area contributed by atoms with Crippen LogP contribution in [0.3, 0.4) is 0 Å². The van der Waals surface area contributed by atoms with Crippen LogP contribution in [0.2, 0.25) is 0 Å². The number of anilines is 1. The van der Waals surface area contributed by atoms with E-state index in [1.165, 1.54) is 7.05 Å². The predicted octanol–water partition coefficient (Wildman–Crippen LogP) is 1.88. The fourth-order valence-electron chi connectivity index (χ4n) is 0.915. The van der Waals surface area contributed by atoms with Crippen LogP contribution in [0, 0.1) is 6.92 Å². The largest absolute Gasteiger partial charge is 0.420 e. The van der Waals surface area contributed by atoms with Crippen molar-refractivity contribution in [3.8, 4) is 0 Å². The number of amides is 2. The Bertz CT molecular complexity index is 359. The fourth-order valence-corrected chi connectivity index (χ4v) is 0.915. The molecule has 1 aromatic rings. The summed E-state index contributed by atoms with van der Waals surface area (Å²) in [6, 6.07) is 7.13. The van der Waals surface area contributed by atoms with Gasteiger partial charge in [-0.25, -0.2) is 9.59 Å². The van der Waals surface area contributed by atoms with Gasteiger partial charge in [-0.2, -0.15) is 0 Å². The molecule has 5 nitrogen and oxygen atoms in total. The van der Waals surface area contributed by atoms with Crippen LogP contribution < -0.4 is 10.6 Å².